The van der Waals surface area contributed by atoms with Crippen molar-refractivity contribution in [3.63, 3.8) is 0 Å². The van der Waals surface area contributed by atoms with E-state index in [1.165, 1.54) is 11.8 Å². The van der Waals surface area contributed by atoms with Crippen molar-refractivity contribution >= 4 is 17.3 Å². The van der Waals surface area contributed by atoms with Crippen molar-refractivity contribution in [2.75, 3.05) is 17.7 Å². The Morgan fingerprint density at radius 2 is 1.96 bits per heavy atom. The van der Waals surface area contributed by atoms with Gasteiger partial charge in [-0.1, -0.05) is 31.5 Å². The van der Waals surface area contributed by atoms with Gasteiger partial charge in [-0.2, -0.15) is 5.26 Å². The van der Waals surface area contributed by atoms with Gasteiger partial charge in [0.25, 0.3) is 5.91 Å². The maximum absolute atomic E-state index is 12.3. The number of nitrogens with zero attached hydrogens (tertiary/aromatic N) is 1. The Kier molecular flexibility index (Phi) is 7.26. The molecule has 0 heterocycles. The molecule has 1 amide bonds. The molecule has 0 bridgehead atoms. The summed E-state index contributed by atoms with van der Waals surface area (Å²) in [5, 5.41) is 14.9. The molecule has 134 valence electrons. The summed E-state index contributed by atoms with van der Waals surface area (Å²) in [6, 6.07) is 16.8. The fourth-order valence-electron chi connectivity index (χ4n) is 2.35. The van der Waals surface area contributed by atoms with Gasteiger partial charge in [-0.05, 0) is 42.7 Å². The van der Waals surface area contributed by atoms with Crippen molar-refractivity contribution in [1.29, 1.82) is 5.26 Å². The zero-order valence-electron chi connectivity index (χ0n) is 15.1. The van der Waals surface area contributed by atoms with Crippen molar-refractivity contribution in [3.05, 3.63) is 65.9 Å². The summed E-state index contributed by atoms with van der Waals surface area (Å²) in [5.74, 6) is 0.235. The number of anilines is 2. The number of amides is 1. The zero-order chi connectivity index (χ0) is 18.8. The average molecular weight is 349 g/mol. The first-order valence-corrected chi connectivity index (χ1v) is 8.57. The van der Waals surface area contributed by atoms with E-state index in [0.29, 0.717) is 11.4 Å². The third kappa shape index (κ3) is 5.67. The molecule has 0 aromatic heterocycles. The monoisotopic (exact) mass is 349 g/mol. The van der Waals surface area contributed by atoms with Crippen LogP contribution in [-0.4, -0.2) is 13.0 Å². The first-order chi connectivity index (χ1) is 12.7. The molecule has 2 aromatic carbocycles. The molecule has 0 spiro atoms. The van der Waals surface area contributed by atoms with Gasteiger partial charge in [-0.15, -0.1) is 0 Å². The van der Waals surface area contributed by atoms with Crippen molar-refractivity contribution < 1.29 is 9.53 Å². The smallest absolute Gasteiger partial charge is 0.267 e. The number of carbonyl (C=O) groups is 1. The Morgan fingerprint density at radius 3 is 2.62 bits per heavy atom. The summed E-state index contributed by atoms with van der Waals surface area (Å²) in [6.07, 6.45) is 4.70. The molecule has 2 aromatic rings. The van der Waals surface area contributed by atoms with Crippen LogP contribution in [0.15, 0.2) is 60.3 Å². The molecule has 2 rings (SSSR count). The summed E-state index contributed by atoms with van der Waals surface area (Å²) in [5.41, 5.74) is 2.62. The van der Waals surface area contributed by atoms with Gasteiger partial charge >= 0.3 is 0 Å². The van der Waals surface area contributed by atoms with E-state index in [1.807, 2.05) is 48.5 Å². The average Bonchev–Trinajstić information content (AvgIpc) is 2.68. The highest BCUT2D eigenvalue weighted by Gasteiger charge is 2.09. The second kappa shape index (κ2) is 9.90. The number of benzene rings is 2. The van der Waals surface area contributed by atoms with Gasteiger partial charge in [0.1, 0.15) is 17.4 Å². The minimum Gasteiger partial charge on any atom is -0.497 e. The van der Waals surface area contributed by atoms with Gasteiger partial charge < -0.3 is 15.4 Å². The zero-order valence-corrected chi connectivity index (χ0v) is 15.1. The van der Waals surface area contributed by atoms with E-state index in [4.69, 9.17) is 4.74 Å². The molecule has 5 nitrogen and oxygen atoms in total. The van der Waals surface area contributed by atoms with Crippen LogP contribution in [0.1, 0.15) is 25.3 Å². The second-order valence-electron chi connectivity index (χ2n) is 5.80. The normalized spacial score (nSPS) is 10.7. The molecule has 0 atom stereocenters. The van der Waals surface area contributed by atoms with Crippen molar-refractivity contribution in [3.8, 4) is 11.8 Å². The van der Waals surface area contributed by atoms with Crippen LogP contribution in [0.25, 0.3) is 0 Å². The van der Waals surface area contributed by atoms with Crippen LogP contribution in [-0.2, 0) is 11.2 Å². The molecule has 0 aliphatic rings. The van der Waals surface area contributed by atoms with Crippen LogP contribution in [0.5, 0.6) is 5.75 Å². The molecular formula is C21H23N3O2. The lowest BCUT2D eigenvalue weighted by Crippen LogP contribution is -2.14. The van der Waals surface area contributed by atoms with Crippen LogP contribution >= 0.6 is 0 Å². The number of methoxy groups -OCH3 is 1. The molecule has 2 N–H and O–H groups in total. The van der Waals surface area contributed by atoms with Crippen molar-refractivity contribution in [2.24, 2.45) is 0 Å². The molecule has 0 fully saturated rings. The summed E-state index contributed by atoms with van der Waals surface area (Å²) < 4.78 is 5.14. The van der Waals surface area contributed by atoms with E-state index in [2.05, 4.69) is 17.6 Å². The van der Waals surface area contributed by atoms with E-state index in [1.54, 1.807) is 13.2 Å². The molecule has 5 heteroatoms. The fraction of sp³-hybridized carbons (Fsp3) is 0.238. The van der Waals surface area contributed by atoms with Crippen LogP contribution in [0.4, 0.5) is 11.4 Å². The highest BCUT2D eigenvalue weighted by molar-refractivity contribution is 6.06. The first kappa shape index (κ1) is 19.1. The Balaban J connectivity index is 2.00. The van der Waals surface area contributed by atoms with E-state index < -0.39 is 5.91 Å². The molecule has 26 heavy (non-hydrogen) atoms. The molecule has 0 unspecified atom stereocenters. The highest BCUT2D eigenvalue weighted by Crippen LogP contribution is 2.17. The lowest BCUT2D eigenvalue weighted by molar-refractivity contribution is -0.112. The summed E-state index contributed by atoms with van der Waals surface area (Å²) >= 11 is 0. The first-order valence-electron chi connectivity index (χ1n) is 8.57. The van der Waals surface area contributed by atoms with Crippen LogP contribution in [0, 0.1) is 11.3 Å². The minimum atomic E-state index is -0.454. The topological polar surface area (TPSA) is 74.2 Å². The van der Waals surface area contributed by atoms with Gasteiger partial charge in [0, 0.05) is 23.6 Å². The lowest BCUT2D eigenvalue weighted by Gasteiger charge is -2.07. The SMILES string of the molecule is CCCCc1ccc(NC(=O)/C(C#N)=C\Nc2cccc(OC)c2)cc1. The Bertz CT molecular complexity index is 805. The van der Waals surface area contributed by atoms with Crippen LogP contribution < -0.4 is 15.4 Å². The third-order valence-corrected chi connectivity index (χ3v) is 3.85. The van der Waals surface area contributed by atoms with E-state index in [-0.39, 0.29) is 5.57 Å². The quantitative estimate of drug-likeness (QED) is 0.544. The number of hydrogen-bond donors (Lipinski definition) is 2. The Hall–Kier alpha value is -3.26. The van der Waals surface area contributed by atoms with Crippen molar-refractivity contribution in [1.82, 2.24) is 0 Å². The molecule has 0 saturated carbocycles. The number of ether oxygens (including phenoxy) is 1. The Labute approximate surface area is 154 Å². The number of carbonyl (C=O) groups excluding carboxylic acids is 1. The molecule has 0 radical (unpaired) electrons. The number of aryl methyl sites for hydroxylation is 1. The molecule has 0 aliphatic carbocycles. The predicted molar refractivity (Wildman–Crippen MR) is 104 cm³/mol. The third-order valence-electron chi connectivity index (χ3n) is 3.85. The number of unbranched alkanes of at least 4 members (excludes halogenated alkanes) is 1. The van der Waals surface area contributed by atoms with E-state index >= 15 is 0 Å². The van der Waals surface area contributed by atoms with Crippen LogP contribution in [0.2, 0.25) is 0 Å². The predicted octanol–water partition coefficient (Wildman–Crippen LogP) is 4.50. The van der Waals surface area contributed by atoms with Crippen molar-refractivity contribution in [2.45, 2.75) is 26.2 Å². The van der Waals surface area contributed by atoms with E-state index in [0.717, 1.165) is 24.9 Å². The van der Waals surface area contributed by atoms with E-state index in [9.17, 15) is 10.1 Å². The second-order valence-corrected chi connectivity index (χ2v) is 5.80. The summed E-state index contributed by atoms with van der Waals surface area (Å²) in [4.78, 5) is 12.3. The minimum absolute atomic E-state index is 0.0112. The maximum atomic E-state index is 12.3. The van der Waals surface area contributed by atoms with Crippen LogP contribution in [0.3, 0.4) is 0 Å². The summed E-state index contributed by atoms with van der Waals surface area (Å²) in [6.45, 7) is 2.16. The number of nitrogens with one attached hydrogen (secondary N) is 2. The molecule has 0 aliphatic heterocycles. The maximum Gasteiger partial charge on any atom is 0.267 e. The van der Waals surface area contributed by atoms with Gasteiger partial charge in [-0.3, -0.25) is 4.79 Å². The Morgan fingerprint density at radius 1 is 1.19 bits per heavy atom. The van der Waals surface area contributed by atoms with Gasteiger partial charge in [0.15, 0.2) is 0 Å². The van der Waals surface area contributed by atoms with Gasteiger partial charge in [0.05, 0.1) is 7.11 Å². The number of nitriles is 1. The largest absolute Gasteiger partial charge is 0.497 e. The molecular weight excluding hydrogens is 326 g/mol. The van der Waals surface area contributed by atoms with Gasteiger partial charge in [0.2, 0.25) is 0 Å². The number of rotatable bonds is 8. The molecule has 0 saturated heterocycles. The highest BCUT2D eigenvalue weighted by atomic mass is 16.5. The number of hydrogen-bond acceptors (Lipinski definition) is 4. The standard InChI is InChI=1S/C21H23N3O2/c1-3-4-6-16-9-11-18(12-10-16)24-21(25)17(14-22)15-23-19-7-5-8-20(13-19)26-2/h5,7-13,15,23H,3-4,6H2,1-2H3,(H,24,25)/b17-15-. The lowest BCUT2D eigenvalue weighted by atomic mass is 10.1. The fourth-order valence-corrected chi connectivity index (χ4v) is 2.35. The summed E-state index contributed by atoms with van der Waals surface area (Å²) in [7, 11) is 1.58. The van der Waals surface area contributed by atoms with Gasteiger partial charge in [-0.25, -0.2) is 0 Å².